The van der Waals surface area contributed by atoms with Crippen LogP contribution in [0.2, 0.25) is 0 Å². The van der Waals surface area contributed by atoms with Gasteiger partial charge in [0.15, 0.2) is 0 Å². The van der Waals surface area contributed by atoms with E-state index in [1.165, 1.54) is 35.5 Å². The molecule has 0 atom stereocenters. The first-order valence-electron chi connectivity index (χ1n) is 10.3. The maximum Gasteiger partial charge on any atom is 2.00 e. The zero-order chi connectivity index (χ0) is 20.8. The molecule has 0 aliphatic heterocycles. The molecule has 2 fully saturated rings. The molecule has 2 saturated carbocycles. The standard InChI is InChI=1S/C28H25NO.Fe/c1-21(30)29-26-18-16-25(17-19-26)28(24-13-3-2-4-14-24)27(23-11-7-8-12-23)20-15-22-9-5-6-10-22;/h2-14,16-19H,15,20H2,1H3,(H,29,30);/q;+2/b28-27-;. The van der Waals surface area contributed by atoms with Gasteiger partial charge in [-0.2, -0.15) is 0 Å². The fourth-order valence-electron chi connectivity index (χ4n) is 3.88. The molecule has 1 amide bonds. The zero-order valence-electron chi connectivity index (χ0n) is 17.5. The SMILES string of the molecule is CC(=O)Nc1ccc(/C(=C(/CC[C]2[CH][CH][CH][CH]2)[C]2[CH][CH][CH][CH]2)c2ccccc2)cc1.[Fe+2]. The van der Waals surface area contributed by atoms with Crippen molar-refractivity contribution in [3.63, 3.8) is 0 Å². The summed E-state index contributed by atoms with van der Waals surface area (Å²) >= 11 is 0. The minimum absolute atomic E-state index is 0. The molecule has 0 heterocycles. The van der Waals surface area contributed by atoms with E-state index in [0.29, 0.717) is 0 Å². The molecule has 0 aromatic heterocycles. The third-order valence-corrected chi connectivity index (χ3v) is 5.26. The van der Waals surface area contributed by atoms with Gasteiger partial charge >= 0.3 is 17.1 Å². The number of carbonyl (C=O) groups is 1. The fourth-order valence-corrected chi connectivity index (χ4v) is 3.88. The summed E-state index contributed by atoms with van der Waals surface area (Å²) in [6.45, 7) is 1.53. The maximum atomic E-state index is 11.4. The summed E-state index contributed by atoms with van der Waals surface area (Å²) in [5.41, 5.74) is 5.73. The Labute approximate surface area is 198 Å². The molecule has 10 radical (unpaired) electrons. The number of carbonyl (C=O) groups excluding carboxylic acids is 1. The van der Waals surface area contributed by atoms with Crippen molar-refractivity contribution in [2.24, 2.45) is 0 Å². The molecule has 2 aliphatic carbocycles. The molecule has 0 saturated heterocycles. The smallest absolute Gasteiger partial charge is 0.326 e. The second-order valence-electron chi connectivity index (χ2n) is 7.44. The predicted molar refractivity (Wildman–Crippen MR) is 123 cm³/mol. The Morgan fingerprint density at radius 3 is 1.97 bits per heavy atom. The first kappa shape index (κ1) is 23.8. The van der Waals surface area contributed by atoms with Crippen LogP contribution in [0.25, 0.3) is 5.57 Å². The molecule has 1 N–H and O–H groups in total. The number of hydrogen-bond donors (Lipinski definition) is 1. The van der Waals surface area contributed by atoms with Crippen molar-refractivity contribution < 1.29 is 21.9 Å². The van der Waals surface area contributed by atoms with Crippen molar-refractivity contribution in [2.75, 3.05) is 5.32 Å². The summed E-state index contributed by atoms with van der Waals surface area (Å²) in [6, 6.07) is 18.7. The Morgan fingerprint density at radius 2 is 1.35 bits per heavy atom. The first-order chi connectivity index (χ1) is 14.7. The minimum Gasteiger partial charge on any atom is -0.326 e. The molecule has 4 rings (SSSR count). The van der Waals surface area contributed by atoms with Gasteiger partial charge in [0.2, 0.25) is 5.91 Å². The van der Waals surface area contributed by atoms with Gasteiger partial charge in [0.1, 0.15) is 0 Å². The zero-order valence-corrected chi connectivity index (χ0v) is 18.6. The molecule has 2 aromatic rings. The molecule has 154 valence electrons. The second-order valence-corrected chi connectivity index (χ2v) is 7.44. The normalized spacial score (nSPS) is 17.8. The summed E-state index contributed by atoms with van der Waals surface area (Å²) in [5, 5.41) is 2.86. The number of rotatable bonds is 7. The summed E-state index contributed by atoms with van der Waals surface area (Å²) in [5.74, 6) is 2.55. The number of benzene rings is 2. The largest absolute Gasteiger partial charge is 2.00 e. The Balaban J connectivity index is 0.00000272. The predicted octanol–water partition coefficient (Wildman–Crippen LogP) is 6.04. The van der Waals surface area contributed by atoms with Crippen molar-refractivity contribution in [2.45, 2.75) is 19.8 Å². The fraction of sp³-hybridized carbons (Fsp3) is 0.107. The van der Waals surface area contributed by atoms with E-state index in [0.717, 1.165) is 24.1 Å². The Bertz CT molecular complexity index is 860. The van der Waals surface area contributed by atoms with Crippen LogP contribution in [0.4, 0.5) is 5.69 Å². The van der Waals surface area contributed by atoms with Gasteiger partial charge in [-0.05, 0) is 99.0 Å². The number of nitrogens with one attached hydrogen (secondary N) is 1. The van der Waals surface area contributed by atoms with Gasteiger partial charge in [-0.1, -0.05) is 48.0 Å². The van der Waals surface area contributed by atoms with E-state index in [-0.39, 0.29) is 23.0 Å². The van der Waals surface area contributed by atoms with Gasteiger partial charge in [-0.25, -0.2) is 0 Å². The molecule has 0 unspecified atom stereocenters. The second kappa shape index (κ2) is 11.7. The van der Waals surface area contributed by atoms with E-state index in [1.54, 1.807) is 0 Å². The molecule has 0 spiro atoms. The van der Waals surface area contributed by atoms with Crippen LogP contribution >= 0.6 is 0 Å². The quantitative estimate of drug-likeness (QED) is 0.516. The third kappa shape index (κ3) is 6.34. The summed E-state index contributed by atoms with van der Waals surface area (Å²) in [4.78, 5) is 11.4. The molecule has 2 aliphatic rings. The van der Waals surface area contributed by atoms with Crippen molar-refractivity contribution in [1.82, 2.24) is 0 Å². The van der Waals surface area contributed by atoms with E-state index in [9.17, 15) is 4.79 Å². The van der Waals surface area contributed by atoms with E-state index in [2.05, 4.69) is 93.1 Å². The summed E-state index contributed by atoms with van der Waals surface area (Å²) < 4.78 is 0. The van der Waals surface area contributed by atoms with Crippen molar-refractivity contribution in [1.29, 1.82) is 0 Å². The van der Waals surface area contributed by atoms with Crippen molar-refractivity contribution in [3.05, 3.63) is 134 Å². The van der Waals surface area contributed by atoms with Crippen LogP contribution in [-0.4, -0.2) is 5.91 Å². The molecule has 31 heavy (non-hydrogen) atoms. The van der Waals surface area contributed by atoms with Gasteiger partial charge in [-0.15, -0.1) is 0 Å². The molecular formula is C28H25FeNO+2. The maximum absolute atomic E-state index is 11.4. The monoisotopic (exact) mass is 447 g/mol. The summed E-state index contributed by atoms with van der Waals surface area (Å²) in [7, 11) is 0. The third-order valence-electron chi connectivity index (χ3n) is 5.26. The van der Waals surface area contributed by atoms with E-state index in [1.807, 2.05) is 18.2 Å². The first-order valence-corrected chi connectivity index (χ1v) is 10.3. The summed E-state index contributed by atoms with van der Waals surface area (Å²) in [6.07, 6.45) is 19.1. The Hall–Kier alpha value is -1.83. The van der Waals surface area contributed by atoms with Crippen molar-refractivity contribution in [3.8, 4) is 0 Å². The number of amides is 1. The van der Waals surface area contributed by atoms with Gasteiger partial charge in [-0.3, -0.25) is 4.79 Å². The van der Waals surface area contributed by atoms with Crippen LogP contribution in [0.1, 0.15) is 30.9 Å². The minimum atomic E-state index is -0.0613. The molecule has 0 bridgehead atoms. The van der Waals surface area contributed by atoms with Crippen LogP contribution in [0.5, 0.6) is 0 Å². The number of anilines is 1. The molecule has 2 nitrogen and oxygen atoms in total. The molecular weight excluding hydrogens is 422 g/mol. The van der Waals surface area contributed by atoms with Gasteiger partial charge in [0.25, 0.3) is 0 Å². The van der Waals surface area contributed by atoms with E-state index < -0.39 is 0 Å². The van der Waals surface area contributed by atoms with Crippen LogP contribution in [0.15, 0.2) is 60.2 Å². The van der Waals surface area contributed by atoms with Crippen LogP contribution in [0.3, 0.4) is 0 Å². The Morgan fingerprint density at radius 1 is 0.774 bits per heavy atom. The van der Waals surface area contributed by atoms with Gasteiger partial charge in [0.05, 0.1) is 0 Å². The number of allylic oxidation sites excluding steroid dienone is 1. The molecule has 3 heteroatoms. The van der Waals surface area contributed by atoms with Gasteiger partial charge in [0, 0.05) is 18.5 Å². The van der Waals surface area contributed by atoms with E-state index >= 15 is 0 Å². The van der Waals surface area contributed by atoms with Crippen LogP contribution in [0, 0.1) is 63.2 Å². The average Bonchev–Trinajstić information content (AvgIpc) is 3.47. The Kier molecular flexibility index (Phi) is 8.99. The van der Waals surface area contributed by atoms with Gasteiger partial charge < -0.3 is 5.32 Å². The topological polar surface area (TPSA) is 29.1 Å². The number of hydrogen-bond acceptors (Lipinski definition) is 1. The average molecular weight is 447 g/mol. The van der Waals surface area contributed by atoms with E-state index in [4.69, 9.17) is 0 Å². The molecule has 2 aromatic carbocycles. The van der Waals surface area contributed by atoms with Crippen LogP contribution < -0.4 is 5.32 Å². The van der Waals surface area contributed by atoms with Crippen molar-refractivity contribution >= 4 is 17.2 Å². The van der Waals surface area contributed by atoms with Crippen LogP contribution in [-0.2, 0) is 21.9 Å².